The predicted molar refractivity (Wildman–Crippen MR) is 73.6 cm³/mol. The minimum absolute atomic E-state index is 0.0558. The van der Waals surface area contributed by atoms with Gasteiger partial charge in [0.2, 0.25) is 0 Å². The minimum atomic E-state index is -4.42. The van der Waals surface area contributed by atoms with Crippen LogP contribution < -0.4 is 4.74 Å². The second kappa shape index (κ2) is 6.46. The lowest BCUT2D eigenvalue weighted by molar-refractivity contribution is -0.386. The smallest absolute Gasteiger partial charge is 0.393 e. The highest BCUT2D eigenvalue weighted by Gasteiger charge is 2.29. The Kier molecular flexibility index (Phi) is 4.65. The van der Waals surface area contributed by atoms with Crippen LogP contribution in [0.2, 0.25) is 0 Å². The van der Waals surface area contributed by atoms with E-state index in [2.05, 4.69) is 0 Å². The fourth-order valence-corrected chi connectivity index (χ4v) is 1.90. The van der Waals surface area contributed by atoms with Crippen LogP contribution in [-0.4, -0.2) is 11.1 Å². The molecule has 0 spiro atoms. The van der Waals surface area contributed by atoms with Crippen LogP contribution in [0.4, 0.5) is 18.9 Å². The number of hydrogen-bond acceptors (Lipinski definition) is 3. The first-order valence-electron chi connectivity index (χ1n) is 6.36. The van der Waals surface area contributed by atoms with Crippen molar-refractivity contribution in [3.05, 3.63) is 69.8 Å². The van der Waals surface area contributed by atoms with Crippen LogP contribution in [0.25, 0.3) is 0 Å². The molecule has 2 rings (SSSR count). The largest absolute Gasteiger partial charge is 0.482 e. The van der Waals surface area contributed by atoms with Crippen LogP contribution in [0.5, 0.6) is 5.75 Å². The zero-order valence-corrected chi connectivity index (χ0v) is 11.3. The third-order valence-corrected chi connectivity index (χ3v) is 2.86. The first-order chi connectivity index (χ1) is 10.3. The van der Waals surface area contributed by atoms with Crippen LogP contribution in [0.3, 0.4) is 0 Å². The van der Waals surface area contributed by atoms with Crippen molar-refractivity contribution in [2.45, 2.75) is 19.2 Å². The zero-order chi connectivity index (χ0) is 16.2. The molecule has 0 radical (unpaired) electrons. The Morgan fingerprint density at radius 2 is 1.73 bits per heavy atom. The third-order valence-electron chi connectivity index (χ3n) is 2.86. The Balaban J connectivity index is 2.18. The van der Waals surface area contributed by atoms with Crippen molar-refractivity contribution in [1.82, 2.24) is 0 Å². The third kappa shape index (κ3) is 4.47. The molecule has 4 nitrogen and oxygen atoms in total. The fourth-order valence-electron chi connectivity index (χ4n) is 1.90. The lowest BCUT2D eigenvalue weighted by atomic mass is 10.1. The number of benzene rings is 2. The van der Waals surface area contributed by atoms with Gasteiger partial charge in [0.05, 0.1) is 11.3 Å². The molecule has 0 aliphatic heterocycles. The van der Waals surface area contributed by atoms with E-state index in [-0.39, 0.29) is 17.9 Å². The molecule has 0 aromatic heterocycles. The Morgan fingerprint density at radius 3 is 2.32 bits per heavy atom. The summed E-state index contributed by atoms with van der Waals surface area (Å²) in [6, 6.07) is 12.2. The van der Waals surface area contributed by atoms with Gasteiger partial charge in [-0.05, 0) is 17.2 Å². The van der Waals surface area contributed by atoms with Crippen LogP contribution in [0, 0.1) is 10.1 Å². The van der Waals surface area contributed by atoms with Gasteiger partial charge in [-0.25, -0.2) is 0 Å². The molecule has 116 valence electrons. The molecule has 7 heteroatoms. The minimum Gasteiger partial charge on any atom is -0.482 e. The number of nitro benzene ring substituents is 1. The average molecular weight is 311 g/mol. The van der Waals surface area contributed by atoms with Gasteiger partial charge < -0.3 is 4.74 Å². The lowest BCUT2D eigenvalue weighted by Crippen LogP contribution is -2.11. The van der Waals surface area contributed by atoms with E-state index in [1.807, 2.05) is 6.07 Å². The summed E-state index contributed by atoms with van der Waals surface area (Å²) in [6.45, 7) is 0.0975. The highest BCUT2D eigenvalue weighted by molar-refractivity contribution is 5.49. The summed E-state index contributed by atoms with van der Waals surface area (Å²) >= 11 is 0. The van der Waals surface area contributed by atoms with Gasteiger partial charge in [-0.15, -0.1) is 0 Å². The van der Waals surface area contributed by atoms with Crippen molar-refractivity contribution in [2.75, 3.05) is 0 Å². The number of nitro groups is 1. The molecule has 0 aliphatic carbocycles. The Morgan fingerprint density at radius 1 is 1.05 bits per heavy atom. The van der Waals surface area contributed by atoms with Gasteiger partial charge in [0.1, 0.15) is 6.61 Å². The quantitative estimate of drug-likeness (QED) is 0.612. The first-order valence-corrected chi connectivity index (χ1v) is 6.36. The molecule has 0 atom stereocenters. The molecule has 0 fully saturated rings. The van der Waals surface area contributed by atoms with E-state index in [1.54, 1.807) is 24.3 Å². The maximum Gasteiger partial charge on any atom is 0.393 e. The van der Waals surface area contributed by atoms with E-state index in [0.29, 0.717) is 0 Å². The standard InChI is InChI=1S/C15H12F3NO3/c16-15(17,18)9-12-6-7-14(13(8-12)19(20)21)22-10-11-4-2-1-3-5-11/h1-8H,9-10H2. The molecular weight excluding hydrogens is 299 g/mol. The van der Waals surface area contributed by atoms with Gasteiger partial charge in [0, 0.05) is 6.07 Å². The zero-order valence-electron chi connectivity index (χ0n) is 11.3. The van der Waals surface area contributed by atoms with Crippen LogP contribution >= 0.6 is 0 Å². The molecule has 22 heavy (non-hydrogen) atoms. The number of hydrogen-bond donors (Lipinski definition) is 0. The molecule has 0 N–H and O–H groups in total. The second-order valence-electron chi connectivity index (χ2n) is 4.63. The summed E-state index contributed by atoms with van der Waals surface area (Å²) < 4.78 is 42.4. The summed E-state index contributed by atoms with van der Waals surface area (Å²) in [7, 11) is 0. The summed E-state index contributed by atoms with van der Waals surface area (Å²) in [5.41, 5.74) is 0.153. The summed E-state index contributed by atoms with van der Waals surface area (Å²) in [4.78, 5) is 10.2. The number of halogens is 3. The van der Waals surface area contributed by atoms with Gasteiger partial charge in [-0.2, -0.15) is 13.2 Å². The van der Waals surface area contributed by atoms with Crippen molar-refractivity contribution in [2.24, 2.45) is 0 Å². The molecule has 0 saturated heterocycles. The molecule has 0 unspecified atom stereocenters. The van der Waals surface area contributed by atoms with Crippen molar-refractivity contribution < 1.29 is 22.8 Å². The normalized spacial score (nSPS) is 11.2. The number of nitrogens with zero attached hydrogens (tertiary/aromatic N) is 1. The Labute approximate surface area is 124 Å². The first kappa shape index (κ1) is 15.8. The Hall–Kier alpha value is -2.57. The van der Waals surface area contributed by atoms with E-state index in [0.717, 1.165) is 11.6 Å². The molecule has 0 aliphatic rings. The molecule has 0 bridgehead atoms. The average Bonchev–Trinajstić information content (AvgIpc) is 2.45. The maximum absolute atomic E-state index is 12.3. The Bertz CT molecular complexity index is 657. The van der Waals surface area contributed by atoms with Gasteiger partial charge in [0.15, 0.2) is 5.75 Å². The van der Waals surface area contributed by atoms with Crippen molar-refractivity contribution in [1.29, 1.82) is 0 Å². The molecule has 0 amide bonds. The molecule has 0 heterocycles. The molecule has 0 saturated carbocycles. The summed E-state index contributed by atoms with van der Waals surface area (Å²) in [6.07, 6.45) is -5.63. The predicted octanol–water partition coefficient (Wildman–Crippen LogP) is 4.28. The number of ether oxygens (including phenoxy) is 1. The topological polar surface area (TPSA) is 52.4 Å². The van der Waals surface area contributed by atoms with Crippen molar-refractivity contribution >= 4 is 5.69 Å². The van der Waals surface area contributed by atoms with Gasteiger partial charge in [-0.3, -0.25) is 10.1 Å². The van der Waals surface area contributed by atoms with Crippen molar-refractivity contribution in [3.63, 3.8) is 0 Å². The molecule has 2 aromatic carbocycles. The summed E-state index contributed by atoms with van der Waals surface area (Å²) in [5.74, 6) is -0.0558. The maximum atomic E-state index is 12.3. The SMILES string of the molecule is O=[N+]([O-])c1cc(CC(F)(F)F)ccc1OCc1ccccc1. The lowest BCUT2D eigenvalue weighted by Gasteiger charge is -2.10. The monoisotopic (exact) mass is 311 g/mol. The van der Waals surface area contributed by atoms with Crippen LogP contribution in [0.1, 0.15) is 11.1 Å². The van der Waals surface area contributed by atoms with E-state index >= 15 is 0 Å². The van der Waals surface area contributed by atoms with E-state index in [9.17, 15) is 23.3 Å². The molecule has 2 aromatic rings. The highest BCUT2D eigenvalue weighted by Crippen LogP contribution is 2.31. The summed E-state index contributed by atoms with van der Waals surface area (Å²) in [5, 5.41) is 11.0. The van der Waals surface area contributed by atoms with E-state index < -0.39 is 23.2 Å². The van der Waals surface area contributed by atoms with Crippen LogP contribution in [-0.2, 0) is 13.0 Å². The molecular formula is C15H12F3NO3. The van der Waals surface area contributed by atoms with Gasteiger partial charge >= 0.3 is 11.9 Å². The van der Waals surface area contributed by atoms with Crippen molar-refractivity contribution in [3.8, 4) is 5.75 Å². The van der Waals surface area contributed by atoms with Gasteiger partial charge in [-0.1, -0.05) is 36.4 Å². The van der Waals surface area contributed by atoms with Crippen LogP contribution in [0.15, 0.2) is 48.5 Å². The second-order valence-corrected chi connectivity index (χ2v) is 4.63. The van der Waals surface area contributed by atoms with E-state index in [4.69, 9.17) is 4.74 Å². The number of rotatable bonds is 5. The van der Waals surface area contributed by atoms with E-state index in [1.165, 1.54) is 12.1 Å². The fraction of sp³-hybridized carbons (Fsp3) is 0.200. The highest BCUT2D eigenvalue weighted by atomic mass is 19.4. The number of alkyl halides is 3. The van der Waals surface area contributed by atoms with Gasteiger partial charge in [0.25, 0.3) is 0 Å².